The standard InChI is InChI=1S/C18H21N3/c1-3-8-16-20-17(18(19)21(16)4-2)15-12-7-10-13-9-5-6-11-14(13)15/h5-7,9-12H,3-4,8,19H2,1-2H3. The third-order valence-electron chi connectivity index (χ3n) is 3.92. The fourth-order valence-electron chi connectivity index (χ4n) is 2.91. The summed E-state index contributed by atoms with van der Waals surface area (Å²) in [6.45, 7) is 5.14. The summed E-state index contributed by atoms with van der Waals surface area (Å²) in [7, 11) is 0. The minimum absolute atomic E-state index is 0.775. The molecule has 3 nitrogen and oxygen atoms in total. The summed E-state index contributed by atoms with van der Waals surface area (Å²) >= 11 is 0. The summed E-state index contributed by atoms with van der Waals surface area (Å²) < 4.78 is 2.13. The number of aryl methyl sites for hydroxylation is 1. The lowest BCUT2D eigenvalue weighted by Gasteiger charge is -2.07. The molecule has 0 saturated carbocycles. The van der Waals surface area contributed by atoms with Crippen LogP contribution in [0.3, 0.4) is 0 Å². The van der Waals surface area contributed by atoms with Crippen LogP contribution in [0.25, 0.3) is 22.0 Å². The molecule has 3 rings (SSSR count). The number of nitrogens with zero attached hydrogens (tertiary/aromatic N) is 2. The molecule has 108 valence electrons. The third-order valence-corrected chi connectivity index (χ3v) is 3.92. The van der Waals surface area contributed by atoms with Crippen molar-refractivity contribution in [2.24, 2.45) is 0 Å². The average Bonchev–Trinajstić information content (AvgIpc) is 2.83. The molecule has 0 radical (unpaired) electrons. The zero-order chi connectivity index (χ0) is 14.8. The minimum Gasteiger partial charge on any atom is -0.383 e. The Morgan fingerprint density at radius 1 is 1.05 bits per heavy atom. The molecule has 0 atom stereocenters. The maximum Gasteiger partial charge on any atom is 0.131 e. The van der Waals surface area contributed by atoms with Gasteiger partial charge in [-0.2, -0.15) is 0 Å². The molecule has 2 N–H and O–H groups in total. The molecular weight excluding hydrogens is 258 g/mol. The van der Waals surface area contributed by atoms with Gasteiger partial charge in [0, 0.05) is 18.5 Å². The number of hydrogen-bond acceptors (Lipinski definition) is 2. The number of hydrogen-bond donors (Lipinski definition) is 1. The molecule has 0 aliphatic heterocycles. The molecule has 0 aliphatic rings. The third kappa shape index (κ3) is 2.29. The van der Waals surface area contributed by atoms with Crippen LogP contribution in [0, 0.1) is 0 Å². The van der Waals surface area contributed by atoms with Crippen LogP contribution in [0.5, 0.6) is 0 Å². The van der Waals surface area contributed by atoms with Crippen molar-refractivity contribution in [3.63, 3.8) is 0 Å². The molecule has 3 aromatic rings. The first-order valence-corrected chi connectivity index (χ1v) is 7.59. The van der Waals surface area contributed by atoms with Gasteiger partial charge in [0.05, 0.1) is 0 Å². The van der Waals surface area contributed by atoms with E-state index in [4.69, 9.17) is 10.7 Å². The van der Waals surface area contributed by atoms with E-state index in [-0.39, 0.29) is 0 Å². The van der Waals surface area contributed by atoms with Crippen molar-refractivity contribution in [3.05, 3.63) is 48.3 Å². The van der Waals surface area contributed by atoms with Gasteiger partial charge in [-0.1, -0.05) is 49.4 Å². The predicted molar refractivity (Wildman–Crippen MR) is 89.3 cm³/mol. The summed E-state index contributed by atoms with van der Waals surface area (Å²) in [6.07, 6.45) is 2.04. The van der Waals surface area contributed by atoms with Crippen LogP contribution in [0.2, 0.25) is 0 Å². The van der Waals surface area contributed by atoms with Crippen LogP contribution in [0.4, 0.5) is 5.82 Å². The van der Waals surface area contributed by atoms with Crippen molar-refractivity contribution in [2.45, 2.75) is 33.2 Å². The van der Waals surface area contributed by atoms with E-state index >= 15 is 0 Å². The second-order valence-corrected chi connectivity index (χ2v) is 5.28. The summed E-state index contributed by atoms with van der Waals surface area (Å²) in [5.41, 5.74) is 8.40. The van der Waals surface area contributed by atoms with Gasteiger partial charge < -0.3 is 10.3 Å². The van der Waals surface area contributed by atoms with Gasteiger partial charge in [0.15, 0.2) is 0 Å². The van der Waals surface area contributed by atoms with Gasteiger partial charge in [0.2, 0.25) is 0 Å². The molecule has 0 bridgehead atoms. The molecule has 0 spiro atoms. The Hall–Kier alpha value is -2.29. The Kier molecular flexibility index (Phi) is 3.65. The van der Waals surface area contributed by atoms with E-state index in [0.29, 0.717) is 0 Å². The number of benzene rings is 2. The molecule has 0 saturated heterocycles. The van der Waals surface area contributed by atoms with Crippen molar-refractivity contribution >= 4 is 16.6 Å². The predicted octanol–water partition coefficient (Wildman–Crippen LogP) is 4.26. The first kappa shape index (κ1) is 13.7. The van der Waals surface area contributed by atoms with E-state index in [9.17, 15) is 0 Å². The molecule has 3 heteroatoms. The smallest absolute Gasteiger partial charge is 0.131 e. The largest absolute Gasteiger partial charge is 0.383 e. The second-order valence-electron chi connectivity index (χ2n) is 5.28. The highest BCUT2D eigenvalue weighted by atomic mass is 15.1. The zero-order valence-electron chi connectivity index (χ0n) is 12.6. The lowest BCUT2D eigenvalue weighted by atomic mass is 10.0. The van der Waals surface area contributed by atoms with E-state index in [1.807, 2.05) is 0 Å². The maximum atomic E-state index is 6.37. The molecule has 0 aliphatic carbocycles. The van der Waals surface area contributed by atoms with Gasteiger partial charge in [0.25, 0.3) is 0 Å². The van der Waals surface area contributed by atoms with Crippen molar-refractivity contribution in [3.8, 4) is 11.3 Å². The Morgan fingerprint density at radius 2 is 1.81 bits per heavy atom. The number of imidazole rings is 1. The normalized spacial score (nSPS) is 11.1. The number of nitrogen functional groups attached to an aromatic ring is 1. The Labute approximate surface area is 125 Å². The van der Waals surface area contributed by atoms with Gasteiger partial charge in [-0.05, 0) is 24.1 Å². The molecule has 0 amide bonds. The van der Waals surface area contributed by atoms with Crippen molar-refractivity contribution in [1.82, 2.24) is 9.55 Å². The first-order valence-electron chi connectivity index (χ1n) is 7.59. The highest BCUT2D eigenvalue weighted by molar-refractivity contribution is 5.97. The summed E-state index contributed by atoms with van der Waals surface area (Å²) in [5.74, 6) is 1.86. The summed E-state index contributed by atoms with van der Waals surface area (Å²) in [6, 6.07) is 14.7. The van der Waals surface area contributed by atoms with E-state index < -0.39 is 0 Å². The molecule has 1 aromatic heterocycles. The molecule has 0 fully saturated rings. The SMILES string of the molecule is CCCc1nc(-c2cccc3ccccc23)c(N)n1CC. The number of nitrogens with two attached hydrogens (primary N) is 1. The van der Waals surface area contributed by atoms with Crippen LogP contribution in [0.1, 0.15) is 26.1 Å². The number of fused-ring (bicyclic) bond motifs is 1. The van der Waals surface area contributed by atoms with Crippen LogP contribution >= 0.6 is 0 Å². The fourth-order valence-corrected chi connectivity index (χ4v) is 2.91. The van der Waals surface area contributed by atoms with Gasteiger partial charge in [-0.15, -0.1) is 0 Å². The van der Waals surface area contributed by atoms with Crippen molar-refractivity contribution < 1.29 is 0 Å². The lowest BCUT2D eigenvalue weighted by molar-refractivity contribution is 0.690. The van der Waals surface area contributed by atoms with Crippen molar-refractivity contribution in [1.29, 1.82) is 0 Å². The molecule has 1 heterocycles. The summed E-state index contributed by atoms with van der Waals surface area (Å²) in [4.78, 5) is 4.83. The molecule has 0 unspecified atom stereocenters. The zero-order valence-corrected chi connectivity index (χ0v) is 12.6. The summed E-state index contributed by atoms with van der Waals surface area (Å²) in [5, 5.41) is 2.42. The van der Waals surface area contributed by atoms with Gasteiger partial charge in [-0.3, -0.25) is 0 Å². The number of anilines is 1. The Morgan fingerprint density at radius 3 is 2.57 bits per heavy atom. The number of aromatic nitrogens is 2. The highest BCUT2D eigenvalue weighted by Gasteiger charge is 2.16. The molecule has 2 aromatic carbocycles. The van der Waals surface area contributed by atoms with Crippen molar-refractivity contribution in [2.75, 3.05) is 5.73 Å². The average molecular weight is 279 g/mol. The Bertz CT molecular complexity index is 766. The second kappa shape index (κ2) is 5.60. The van der Waals surface area contributed by atoms with E-state index in [1.54, 1.807) is 0 Å². The van der Waals surface area contributed by atoms with Crippen LogP contribution in [-0.2, 0) is 13.0 Å². The van der Waals surface area contributed by atoms with Crippen LogP contribution in [-0.4, -0.2) is 9.55 Å². The quantitative estimate of drug-likeness (QED) is 0.775. The van der Waals surface area contributed by atoms with Gasteiger partial charge in [-0.25, -0.2) is 4.98 Å². The Balaban J connectivity index is 2.23. The van der Waals surface area contributed by atoms with Gasteiger partial charge >= 0.3 is 0 Å². The van der Waals surface area contributed by atoms with Crippen LogP contribution in [0.15, 0.2) is 42.5 Å². The minimum atomic E-state index is 0.775. The number of rotatable bonds is 4. The topological polar surface area (TPSA) is 43.8 Å². The van der Waals surface area contributed by atoms with E-state index in [1.165, 1.54) is 10.8 Å². The van der Waals surface area contributed by atoms with Crippen LogP contribution < -0.4 is 5.73 Å². The fraction of sp³-hybridized carbons (Fsp3) is 0.278. The van der Waals surface area contributed by atoms with Gasteiger partial charge in [0.1, 0.15) is 17.3 Å². The van der Waals surface area contributed by atoms with E-state index in [0.717, 1.165) is 42.3 Å². The highest BCUT2D eigenvalue weighted by Crippen LogP contribution is 2.32. The van der Waals surface area contributed by atoms with E-state index in [2.05, 4.69) is 60.9 Å². The maximum absolute atomic E-state index is 6.37. The first-order chi connectivity index (χ1) is 10.3. The monoisotopic (exact) mass is 279 g/mol. The lowest BCUT2D eigenvalue weighted by Crippen LogP contribution is -2.05. The molecular formula is C18H21N3. The molecule has 21 heavy (non-hydrogen) atoms.